The maximum atomic E-state index is 11.8. The van der Waals surface area contributed by atoms with Crippen molar-refractivity contribution >= 4 is 10.8 Å². The molecule has 2 aromatic rings. The predicted octanol–water partition coefficient (Wildman–Crippen LogP) is 0.616. The minimum Gasteiger partial charge on any atom is -0.359 e. The first kappa shape index (κ1) is 9.85. The zero-order chi connectivity index (χ0) is 10.7. The first-order chi connectivity index (χ1) is 7.27. The molecule has 0 radical (unpaired) electrons. The van der Waals surface area contributed by atoms with Crippen molar-refractivity contribution in [2.75, 3.05) is 0 Å². The molecule has 0 saturated heterocycles. The van der Waals surface area contributed by atoms with Crippen LogP contribution in [-0.2, 0) is 16.6 Å². The first-order valence-corrected chi connectivity index (χ1v) is 5.56. The Hall–Kier alpha value is -1.69. The highest BCUT2D eigenvalue weighted by atomic mass is 32.2. The molecule has 0 aliphatic heterocycles. The average Bonchev–Trinajstić information content (AvgIpc) is 2.66. The van der Waals surface area contributed by atoms with E-state index in [1.807, 2.05) is 6.07 Å². The summed E-state index contributed by atoms with van der Waals surface area (Å²) in [6, 6.07) is 8.93. The van der Waals surface area contributed by atoms with Crippen molar-refractivity contribution in [1.82, 2.24) is 5.16 Å². The molecule has 0 spiro atoms. The highest BCUT2D eigenvalue weighted by molar-refractivity contribution is 7.84. The number of hydrogen-bond donors (Lipinski definition) is 0. The summed E-state index contributed by atoms with van der Waals surface area (Å²) in [5.41, 5.74) is 0.261. The van der Waals surface area contributed by atoms with E-state index in [9.17, 15) is 9.42 Å². The van der Waals surface area contributed by atoms with Crippen molar-refractivity contribution in [3.05, 3.63) is 47.4 Å². The lowest BCUT2D eigenvalue weighted by molar-refractivity contribution is -0.807. The molecule has 0 saturated carbocycles. The lowest BCUT2D eigenvalue weighted by Crippen LogP contribution is -2.28. The fourth-order valence-electron chi connectivity index (χ4n) is 1.11. The summed E-state index contributed by atoms with van der Waals surface area (Å²) in [5, 5.41) is 14.2. The van der Waals surface area contributed by atoms with Crippen molar-refractivity contribution < 1.29 is 13.7 Å². The highest BCUT2D eigenvalue weighted by Crippen LogP contribution is 2.08. The third-order valence-corrected chi connectivity index (χ3v) is 3.20. The van der Waals surface area contributed by atoms with Crippen LogP contribution in [-0.4, -0.2) is 9.37 Å². The van der Waals surface area contributed by atoms with Crippen molar-refractivity contribution in [1.29, 1.82) is 0 Å². The second kappa shape index (κ2) is 4.22. The van der Waals surface area contributed by atoms with E-state index in [4.69, 9.17) is 0 Å². The summed E-state index contributed by atoms with van der Waals surface area (Å²) >= 11 is 0. The van der Waals surface area contributed by atoms with E-state index in [2.05, 4.69) is 9.79 Å². The van der Waals surface area contributed by atoms with E-state index < -0.39 is 10.8 Å². The predicted molar refractivity (Wildman–Crippen MR) is 52.0 cm³/mol. The van der Waals surface area contributed by atoms with Gasteiger partial charge in [-0.1, -0.05) is 18.2 Å². The summed E-state index contributed by atoms with van der Waals surface area (Å²) in [5.74, 6) is 0.108. The van der Waals surface area contributed by atoms with Gasteiger partial charge in [0.1, 0.15) is 0 Å². The van der Waals surface area contributed by atoms with Gasteiger partial charge in [0, 0.05) is 10.1 Å². The molecule has 6 heteroatoms. The van der Waals surface area contributed by atoms with Crippen LogP contribution in [0.25, 0.3) is 0 Å². The van der Waals surface area contributed by atoms with E-state index in [0.717, 1.165) is 0 Å². The summed E-state index contributed by atoms with van der Waals surface area (Å²) in [4.78, 5) is 0.944. The molecule has 0 fully saturated rings. The van der Waals surface area contributed by atoms with Crippen molar-refractivity contribution in [2.45, 2.75) is 10.6 Å². The maximum absolute atomic E-state index is 11.8. The van der Waals surface area contributed by atoms with Crippen LogP contribution in [0.5, 0.6) is 0 Å². The average molecular weight is 224 g/mol. The van der Waals surface area contributed by atoms with Crippen molar-refractivity contribution in [3.63, 3.8) is 0 Å². The van der Waals surface area contributed by atoms with Gasteiger partial charge >= 0.3 is 0 Å². The van der Waals surface area contributed by atoms with E-state index in [0.29, 0.717) is 4.90 Å². The molecule has 1 aromatic heterocycles. The Balaban J connectivity index is 2.15. The minimum absolute atomic E-state index is 0.108. The number of nitrogens with zero attached hydrogens (tertiary/aromatic N) is 2. The van der Waals surface area contributed by atoms with Crippen LogP contribution >= 0.6 is 0 Å². The lowest BCUT2D eigenvalue weighted by atomic mass is 10.4. The van der Waals surface area contributed by atoms with Gasteiger partial charge in [0.05, 0.1) is 16.6 Å². The van der Waals surface area contributed by atoms with Gasteiger partial charge in [-0.2, -0.15) is 0 Å². The SMILES string of the molecule is O=S(Cc1cno[n+]1[O-])c1ccccc1. The zero-order valence-electron chi connectivity index (χ0n) is 7.70. The van der Waals surface area contributed by atoms with E-state index >= 15 is 0 Å². The minimum atomic E-state index is -1.24. The number of aromatic nitrogens is 2. The van der Waals surface area contributed by atoms with E-state index in [1.165, 1.54) is 6.20 Å². The third-order valence-electron chi connectivity index (χ3n) is 1.84. The van der Waals surface area contributed by atoms with Crippen LogP contribution in [0.1, 0.15) is 5.69 Å². The van der Waals surface area contributed by atoms with Crippen molar-refractivity contribution in [3.8, 4) is 0 Å². The normalized spacial score (nSPS) is 12.5. The Morgan fingerprint density at radius 2 is 2.13 bits per heavy atom. The van der Waals surface area contributed by atoms with Gasteiger partial charge in [-0.25, -0.2) is 0 Å². The summed E-state index contributed by atoms with van der Waals surface area (Å²) < 4.78 is 16.0. The first-order valence-electron chi connectivity index (χ1n) is 4.24. The van der Waals surface area contributed by atoms with Crippen LogP contribution in [0, 0.1) is 5.21 Å². The summed E-state index contributed by atoms with van der Waals surface area (Å²) in [6.07, 6.45) is 1.27. The molecule has 0 N–H and O–H groups in total. The third kappa shape index (κ3) is 2.21. The van der Waals surface area contributed by atoms with Gasteiger partial charge in [0.2, 0.25) is 11.9 Å². The number of hydrogen-bond acceptors (Lipinski definition) is 4. The van der Waals surface area contributed by atoms with Gasteiger partial charge < -0.3 is 5.21 Å². The molecule has 0 aliphatic carbocycles. The monoisotopic (exact) mass is 224 g/mol. The molecule has 2 rings (SSSR count). The molecule has 1 atom stereocenters. The molecule has 0 amide bonds. The van der Waals surface area contributed by atoms with Gasteiger partial charge in [0.15, 0.2) is 0 Å². The Kier molecular flexibility index (Phi) is 2.77. The van der Waals surface area contributed by atoms with E-state index in [-0.39, 0.29) is 16.3 Å². The Bertz CT molecular complexity index is 469. The molecular weight excluding hydrogens is 216 g/mol. The molecular formula is C9H8N2O3S. The summed E-state index contributed by atoms with van der Waals surface area (Å²) in [7, 11) is -1.24. The van der Waals surface area contributed by atoms with E-state index in [1.54, 1.807) is 24.3 Å². The lowest BCUT2D eigenvalue weighted by Gasteiger charge is -1.98. The fourth-order valence-corrected chi connectivity index (χ4v) is 2.18. The van der Waals surface area contributed by atoms with Crippen molar-refractivity contribution in [2.24, 2.45) is 0 Å². The fraction of sp³-hybridized carbons (Fsp3) is 0.111. The molecule has 0 aliphatic rings. The largest absolute Gasteiger partial charge is 0.359 e. The van der Waals surface area contributed by atoms with Crippen LogP contribution in [0.2, 0.25) is 0 Å². The van der Waals surface area contributed by atoms with Crippen LogP contribution in [0.15, 0.2) is 46.1 Å². The molecule has 1 heterocycles. The quantitative estimate of drug-likeness (QED) is 0.716. The van der Waals surface area contributed by atoms with Crippen LogP contribution < -0.4 is 4.90 Å². The second-order valence-corrected chi connectivity index (χ2v) is 4.32. The Morgan fingerprint density at radius 3 is 2.73 bits per heavy atom. The molecule has 5 nitrogen and oxygen atoms in total. The number of benzene rings is 1. The van der Waals surface area contributed by atoms with Gasteiger partial charge in [0.25, 0.3) is 0 Å². The standard InChI is InChI=1S/C9H8N2O3S/c12-11-8(6-10-14-11)7-15(13)9-4-2-1-3-5-9/h1-6H,7H2. The molecule has 1 aromatic carbocycles. The summed E-state index contributed by atoms with van der Waals surface area (Å²) in [6.45, 7) is 0. The topological polar surface area (TPSA) is 70.0 Å². The Morgan fingerprint density at radius 1 is 1.40 bits per heavy atom. The van der Waals surface area contributed by atoms with Gasteiger partial charge in [-0.3, -0.25) is 8.84 Å². The van der Waals surface area contributed by atoms with Gasteiger partial charge in [-0.05, 0) is 17.0 Å². The zero-order valence-corrected chi connectivity index (χ0v) is 8.52. The van der Waals surface area contributed by atoms with Crippen LogP contribution in [0.4, 0.5) is 0 Å². The molecule has 15 heavy (non-hydrogen) atoms. The Labute approximate surface area is 88.3 Å². The van der Waals surface area contributed by atoms with Gasteiger partial charge in [-0.15, -0.1) is 0 Å². The smallest absolute Gasteiger partial charge is 0.209 e. The highest BCUT2D eigenvalue weighted by Gasteiger charge is 2.12. The molecule has 0 bridgehead atoms. The van der Waals surface area contributed by atoms with Crippen LogP contribution in [0.3, 0.4) is 0 Å². The molecule has 78 valence electrons. The number of rotatable bonds is 3. The molecule has 1 unspecified atom stereocenters. The second-order valence-electron chi connectivity index (χ2n) is 2.87. The maximum Gasteiger partial charge on any atom is 0.209 e.